The average Bonchev–Trinajstić information content (AvgIpc) is 3.38. The minimum absolute atomic E-state index is 0.0137. The van der Waals surface area contributed by atoms with Gasteiger partial charge in [-0.25, -0.2) is 0 Å². The van der Waals surface area contributed by atoms with Crippen LogP contribution in [-0.2, 0) is 65.9 Å². The van der Waals surface area contributed by atoms with Gasteiger partial charge in [-0.2, -0.15) is 10.2 Å². The van der Waals surface area contributed by atoms with Crippen LogP contribution in [0.25, 0.3) is 0 Å². The predicted molar refractivity (Wildman–Crippen MR) is 129 cm³/mol. The Bertz CT molecular complexity index is 1220. The third-order valence-electron chi connectivity index (χ3n) is 4.98. The molecule has 3 aromatic rings. The Balaban J connectivity index is 0.000000281. The number of carbonyl (C=O) groups excluding carboxylic acids is 3. The number of hydrogen-bond donors (Lipinski definition) is 1. The summed E-state index contributed by atoms with van der Waals surface area (Å²) in [4.78, 5) is 44.5. The number of aliphatic carboxylic acids is 1. The third kappa shape index (κ3) is 9.96. The summed E-state index contributed by atoms with van der Waals surface area (Å²) in [5.74, 6) is -2.10. The van der Waals surface area contributed by atoms with Crippen LogP contribution in [0.5, 0.6) is 0 Å². The maximum absolute atomic E-state index is 11.9. The van der Waals surface area contributed by atoms with E-state index in [1.54, 1.807) is 19.1 Å². The molecule has 37 heavy (non-hydrogen) atoms. The van der Waals surface area contributed by atoms with Crippen molar-refractivity contribution >= 4 is 23.9 Å². The Morgan fingerprint density at radius 3 is 1.73 bits per heavy atom. The van der Waals surface area contributed by atoms with E-state index in [2.05, 4.69) is 19.7 Å². The van der Waals surface area contributed by atoms with Gasteiger partial charge in [-0.1, -0.05) is 30.3 Å². The Hall–Kier alpha value is -4.48. The molecule has 0 aliphatic heterocycles. The molecule has 198 valence electrons. The zero-order chi connectivity index (χ0) is 27.4. The molecule has 3 rings (SSSR count). The number of nitrogens with zero attached hydrogens (tertiary/aromatic N) is 4. The zero-order valence-corrected chi connectivity index (χ0v) is 21.2. The van der Waals surface area contributed by atoms with Crippen molar-refractivity contribution in [3.8, 4) is 0 Å². The molecule has 0 atom stereocenters. The van der Waals surface area contributed by atoms with E-state index in [0.717, 1.165) is 11.3 Å². The number of carbonyl (C=O) groups is 4. The Labute approximate surface area is 213 Å². The number of carboxylic acids is 1. The number of aromatic nitrogens is 4. The lowest BCUT2D eigenvalue weighted by Gasteiger charge is -2.06. The van der Waals surface area contributed by atoms with E-state index in [0.29, 0.717) is 17.1 Å². The molecule has 0 saturated heterocycles. The van der Waals surface area contributed by atoms with Gasteiger partial charge in [0, 0.05) is 11.4 Å². The van der Waals surface area contributed by atoms with Crippen molar-refractivity contribution in [2.45, 2.75) is 46.4 Å². The molecule has 0 fully saturated rings. The van der Waals surface area contributed by atoms with Crippen molar-refractivity contribution in [3.63, 3.8) is 0 Å². The summed E-state index contributed by atoms with van der Waals surface area (Å²) in [6.07, 6.45) is 0.146. The second-order valence-electron chi connectivity index (χ2n) is 7.92. The highest BCUT2D eigenvalue weighted by molar-refractivity contribution is 5.72. The zero-order valence-electron chi connectivity index (χ0n) is 21.2. The van der Waals surface area contributed by atoms with Gasteiger partial charge in [0.15, 0.2) is 0 Å². The summed E-state index contributed by atoms with van der Waals surface area (Å²) < 4.78 is 17.1. The van der Waals surface area contributed by atoms with Crippen LogP contribution in [0.4, 0.5) is 0 Å². The Morgan fingerprint density at radius 2 is 1.27 bits per heavy atom. The van der Waals surface area contributed by atoms with Gasteiger partial charge in [-0.3, -0.25) is 28.5 Å². The number of ether oxygens (including phenoxy) is 3. The lowest BCUT2D eigenvalue weighted by molar-refractivity contribution is -0.146. The Kier molecular flexibility index (Phi) is 11.0. The highest BCUT2D eigenvalue weighted by Crippen LogP contribution is 2.07. The van der Waals surface area contributed by atoms with Crippen molar-refractivity contribution in [2.24, 2.45) is 0 Å². The summed E-state index contributed by atoms with van der Waals surface area (Å²) in [7, 11) is 2.62. The van der Waals surface area contributed by atoms with E-state index in [1.807, 2.05) is 37.3 Å². The molecule has 1 aromatic carbocycles. The number of esters is 3. The lowest BCUT2D eigenvalue weighted by atomic mass is 10.2. The van der Waals surface area contributed by atoms with E-state index in [1.165, 1.54) is 23.6 Å². The first-order chi connectivity index (χ1) is 17.6. The van der Waals surface area contributed by atoms with Crippen LogP contribution in [0.15, 0.2) is 42.5 Å². The fraction of sp³-hybridized carbons (Fsp3) is 0.360. The molecule has 12 heteroatoms. The van der Waals surface area contributed by atoms with Gasteiger partial charge in [-0.15, -0.1) is 0 Å². The number of carboxylic acid groups (broad SMARTS) is 1. The van der Waals surface area contributed by atoms with Crippen LogP contribution in [0.2, 0.25) is 0 Å². The van der Waals surface area contributed by atoms with Crippen LogP contribution in [0.1, 0.15) is 28.3 Å². The molecule has 1 N–H and O–H groups in total. The molecule has 0 unspecified atom stereocenters. The van der Waals surface area contributed by atoms with E-state index < -0.39 is 11.9 Å². The minimum Gasteiger partial charge on any atom is -0.480 e. The van der Waals surface area contributed by atoms with Crippen molar-refractivity contribution in [2.75, 3.05) is 14.2 Å². The van der Waals surface area contributed by atoms with Crippen molar-refractivity contribution in [1.29, 1.82) is 0 Å². The lowest BCUT2D eigenvalue weighted by Crippen LogP contribution is -2.16. The Morgan fingerprint density at radius 1 is 0.784 bits per heavy atom. The fourth-order valence-electron chi connectivity index (χ4n) is 3.12. The quantitative estimate of drug-likeness (QED) is 0.312. The summed E-state index contributed by atoms with van der Waals surface area (Å²) >= 11 is 0. The van der Waals surface area contributed by atoms with Gasteiger partial charge in [0.1, 0.15) is 19.7 Å². The van der Waals surface area contributed by atoms with Gasteiger partial charge < -0.3 is 19.3 Å². The van der Waals surface area contributed by atoms with Gasteiger partial charge in [0.2, 0.25) is 0 Å². The van der Waals surface area contributed by atoms with Crippen molar-refractivity contribution in [1.82, 2.24) is 19.6 Å². The first kappa shape index (κ1) is 28.8. The SMILES string of the molecule is COC(=O)Cc1cc(C)n(CC(=O)O)n1.COC(=O)Cc1cc(C)n(CC(=O)OCc2ccccc2)n1. The van der Waals surface area contributed by atoms with Crippen LogP contribution in [0.3, 0.4) is 0 Å². The van der Waals surface area contributed by atoms with E-state index >= 15 is 0 Å². The van der Waals surface area contributed by atoms with Crippen LogP contribution < -0.4 is 0 Å². The molecule has 0 radical (unpaired) electrons. The highest BCUT2D eigenvalue weighted by atomic mass is 16.5. The maximum atomic E-state index is 11.9. The number of hydrogen-bond acceptors (Lipinski definition) is 9. The summed E-state index contributed by atoms with van der Waals surface area (Å²) in [6.45, 7) is 3.59. The molecule has 12 nitrogen and oxygen atoms in total. The third-order valence-corrected chi connectivity index (χ3v) is 4.98. The summed E-state index contributed by atoms with van der Waals surface area (Å²) in [5.41, 5.74) is 3.51. The minimum atomic E-state index is -0.967. The molecular formula is C25H30N4O8. The van der Waals surface area contributed by atoms with E-state index in [9.17, 15) is 19.2 Å². The van der Waals surface area contributed by atoms with Crippen LogP contribution in [0, 0.1) is 13.8 Å². The van der Waals surface area contributed by atoms with Gasteiger partial charge in [0.25, 0.3) is 0 Å². The van der Waals surface area contributed by atoms with Crippen molar-refractivity contribution < 1.29 is 38.5 Å². The smallest absolute Gasteiger partial charge is 0.328 e. The first-order valence-corrected chi connectivity index (χ1v) is 11.2. The van der Waals surface area contributed by atoms with Gasteiger partial charge >= 0.3 is 23.9 Å². The molecule has 0 amide bonds. The molecule has 0 aliphatic carbocycles. The molecule has 0 bridgehead atoms. The largest absolute Gasteiger partial charge is 0.480 e. The average molecular weight is 515 g/mol. The van der Waals surface area contributed by atoms with E-state index in [4.69, 9.17) is 9.84 Å². The predicted octanol–water partition coefficient (Wildman–Crippen LogP) is 1.64. The normalized spacial score (nSPS) is 10.2. The number of methoxy groups -OCH3 is 2. The molecule has 2 aromatic heterocycles. The summed E-state index contributed by atoms with van der Waals surface area (Å²) in [6, 6.07) is 12.9. The van der Waals surface area contributed by atoms with Crippen LogP contribution in [-0.4, -0.2) is 62.8 Å². The number of benzene rings is 1. The highest BCUT2D eigenvalue weighted by Gasteiger charge is 2.13. The summed E-state index contributed by atoms with van der Waals surface area (Å²) in [5, 5.41) is 16.8. The van der Waals surface area contributed by atoms with E-state index in [-0.39, 0.29) is 44.5 Å². The standard InChI is InChI=1S/C16H18N2O4.C9H12N2O4/c1-12-8-14(9-15(19)21-2)17-18(12)10-16(20)22-11-13-6-4-3-5-7-13;1-6-3-7(4-9(14)15-2)10-11(6)5-8(12)13/h3-8H,9-11H2,1-2H3;3H,4-5H2,1-2H3,(H,12,13). The monoisotopic (exact) mass is 514 g/mol. The fourth-order valence-corrected chi connectivity index (χ4v) is 3.12. The van der Waals surface area contributed by atoms with Crippen LogP contribution >= 0.6 is 0 Å². The molecule has 0 saturated carbocycles. The molecule has 2 heterocycles. The number of aryl methyl sites for hydroxylation is 2. The molecule has 0 spiro atoms. The maximum Gasteiger partial charge on any atom is 0.328 e. The van der Waals surface area contributed by atoms with Gasteiger partial charge in [-0.05, 0) is 31.5 Å². The molecule has 0 aliphatic rings. The topological polar surface area (TPSA) is 152 Å². The first-order valence-electron chi connectivity index (χ1n) is 11.2. The number of rotatable bonds is 10. The second kappa shape index (κ2) is 14.2. The molecular weight excluding hydrogens is 484 g/mol. The van der Waals surface area contributed by atoms with Gasteiger partial charge in [0.05, 0.1) is 38.4 Å². The van der Waals surface area contributed by atoms with Crippen molar-refractivity contribution in [3.05, 3.63) is 70.8 Å². The second-order valence-corrected chi connectivity index (χ2v) is 7.92.